The number of piperidine rings is 1. The van der Waals surface area contributed by atoms with Gasteiger partial charge in [-0.3, -0.25) is 4.90 Å². The lowest BCUT2D eigenvalue weighted by atomic mass is 10.0. The molecular formula is C17H25F2N3O. The third-order valence-electron chi connectivity index (χ3n) is 4.67. The molecule has 4 nitrogen and oxygen atoms in total. The van der Waals surface area contributed by atoms with E-state index in [1.165, 1.54) is 18.6 Å². The van der Waals surface area contributed by atoms with Crippen LogP contribution in [-0.4, -0.2) is 50.8 Å². The van der Waals surface area contributed by atoms with E-state index in [4.69, 9.17) is 10.5 Å². The molecule has 2 aliphatic heterocycles. The fourth-order valence-electron chi connectivity index (χ4n) is 3.34. The molecule has 2 N–H and O–H groups in total. The zero-order valence-electron chi connectivity index (χ0n) is 13.4. The van der Waals surface area contributed by atoms with Gasteiger partial charge in [0.25, 0.3) is 5.92 Å². The quantitative estimate of drug-likeness (QED) is 0.864. The first kappa shape index (κ1) is 16.5. The van der Waals surface area contributed by atoms with Crippen molar-refractivity contribution in [3.05, 3.63) is 23.8 Å². The van der Waals surface area contributed by atoms with Crippen LogP contribution < -0.4 is 10.6 Å². The van der Waals surface area contributed by atoms with E-state index in [-0.39, 0.29) is 12.1 Å². The largest absolute Gasteiger partial charge is 0.397 e. The maximum absolute atomic E-state index is 14.5. The Hall–Kier alpha value is -1.40. The van der Waals surface area contributed by atoms with Crippen molar-refractivity contribution in [3.8, 4) is 0 Å². The number of alkyl halides is 2. The van der Waals surface area contributed by atoms with Crippen LogP contribution in [0.25, 0.3) is 0 Å². The standard InChI is InChI=1S/C17H25F2N3O/c18-17(19,13-21-8-10-23-11-9-21)14-4-5-16(15(20)12-14)22-6-2-1-3-7-22/h4-5,12H,1-3,6-11,13,20H2. The Balaban J connectivity index is 1.72. The second-order valence-corrected chi connectivity index (χ2v) is 6.41. The lowest BCUT2D eigenvalue weighted by Gasteiger charge is -2.32. The van der Waals surface area contributed by atoms with Crippen molar-refractivity contribution in [3.63, 3.8) is 0 Å². The first-order valence-corrected chi connectivity index (χ1v) is 8.39. The highest BCUT2D eigenvalue weighted by Crippen LogP contribution is 2.34. The number of hydrogen-bond acceptors (Lipinski definition) is 4. The number of nitrogens with zero attached hydrogens (tertiary/aromatic N) is 2. The van der Waals surface area contributed by atoms with Gasteiger partial charge in [0.15, 0.2) is 0 Å². The van der Waals surface area contributed by atoms with Gasteiger partial charge < -0.3 is 15.4 Å². The van der Waals surface area contributed by atoms with Gasteiger partial charge >= 0.3 is 0 Å². The average molecular weight is 325 g/mol. The number of morpholine rings is 1. The number of ether oxygens (including phenoxy) is 1. The summed E-state index contributed by atoms with van der Waals surface area (Å²) in [5.41, 5.74) is 7.41. The minimum Gasteiger partial charge on any atom is -0.397 e. The Morgan fingerprint density at radius 1 is 1.04 bits per heavy atom. The average Bonchev–Trinajstić information content (AvgIpc) is 2.56. The van der Waals surface area contributed by atoms with Crippen molar-refractivity contribution in [2.24, 2.45) is 0 Å². The molecule has 0 amide bonds. The zero-order chi connectivity index (χ0) is 16.3. The number of rotatable bonds is 4. The van der Waals surface area contributed by atoms with Crippen molar-refractivity contribution in [2.75, 3.05) is 56.6 Å². The molecule has 0 bridgehead atoms. The van der Waals surface area contributed by atoms with Gasteiger partial charge in [0.1, 0.15) is 0 Å². The number of nitrogens with two attached hydrogens (primary N) is 1. The first-order chi connectivity index (χ1) is 11.1. The van der Waals surface area contributed by atoms with Gasteiger partial charge in [0.2, 0.25) is 0 Å². The van der Waals surface area contributed by atoms with Crippen molar-refractivity contribution in [2.45, 2.75) is 25.2 Å². The normalized spacial score (nSPS) is 20.7. The summed E-state index contributed by atoms with van der Waals surface area (Å²) in [6.07, 6.45) is 3.49. The number of benzene rings is 1. The molecule has 0 aromatic heterocycles. The molecule has 0 atom stereocenters. The molecule has 1 aromatic carbocycles. The molecule has 6 heteroatoms. The fraction of sp³-hybridized carbons (Fsp3) is 0.647. The van der Waals surface area contributed by atoms with Gasteiger partial charge in [0, 0.05) is 31.7 Å². The Kier molecular flexibility index (Phi) is 5.02. The maximum atomic E-state index is 14.5. The molecule has 2 aliphatic rings. The van der Waals surface area contributed by atoms with Gasteiger partial charge in [-0.25, -0.2) is 0 Å². The second kappa shape index (κ2) is 7.01. The van der Waals surface area contributed by atoms with Crippen LogP contribution in [0.4, 0.5) is 20.2 Å². The van der Waals surface area contributed by atoms with E-state index >= 15 is 0 Å². The summed E-state index contributed by atoms with van der Waals surface area (Å²) in [4.78, 5) is 3.95. The third kappa shape index (κ3) is 3.93. The van der Waals surface area contributed by atoms with E-state index in [1.54, 1.807) is 11.0 Å². The SMILES string of the molecule is Nc1cc(C(F)(F)CN2CCOCC2)ccc1N1CCCCC1. The van der Waals surface area contributed by atoms with Crippen molar-refractivity contribution in [1.82, 2.24) is 4.90 Å². The maximum Gasteiger partial charge on any atom is 0.285 e. The Morgan fingerprint density at radius 2 is 1.74 bits per heavy atom. The highest BCUT2D eigenvalue weighted by Gasteiger charge is 2.35. The molecule has 0 spiro atoms. The molecule has 23 heavy (non-hydrogen) atoms. The Bertz CT molecular complexity index is 527. The summed E-state index contributed by atoms with van der Waals surface area (Å²) < 4.78 is 34.3. The number of nitrogen functional groups attached to an aromatic ring is 1. The predicted molar refractivity (Wildman–Crippen MR) is 88.1 cm³/mol. The van der Waals surface area contributed by atoms with E-state index in [9.17, 15) is 8.78 Å². The molecule has 0 saturated carbocycles. The Labute approximate surface area is 136 Å². The molecular weight excluding hydrogens is 300 g/mol. The third-order valence-corrected chi connectivity index (χ3v) is 4.67. The van der Waals surface area contributed by atoms with E-state index in [2.05, 4.69) is 4.90 Å². The summed E-state index contributed by atoms with van der Waals surface area (Å²) >= 11 is 0. The van der Waals surface area contributed by atoms with Crippen LogP contribution in [0.15, 0.2) is 18.2 Å². The smallest absolute Gasteiger partial charge is 0.285 e. The highest BCUT2D eigenvalue weighted by atomic mass is 19.3. The van der Waals surface area contributed by atoms with Gasteiger partial charge in [-0.15, -0.1) is 0 Å². The lowest BCUT2D eigenvalue weighted by molar-refractivity contribution is -0.0616. The number of halogens is 2. The molecule has 2 fully saturated rings. The first-order valence-electron chi connectivity index (χ1n) is 8.39. The summed E-state index contributed by atoms with van der Waals surface area (Å²) in [6, 6.07) is 4.73. The van der Waals surface area contributed by atoms with Crippen LogP contribution >= 0.6 is 0 Å². The van der Waals surface area contributed by atoms with Crippen molar-refractivity contribution < 1.29 is 13.5 Å². The van der Waals surface area contributed by atoms with Crippen LogP contribution in [0, 0.1) is 0 Å². The van der Waals surface area contributed by atoms with Crippen LogP contribution in [0.5, 0.6) is 0 Å². The predicted octanol–water partition coefficient (Wildman–Crippen LogP) is 2.68. The van der Waals surface area contributed by atoms with Crippen LogP contribution in [-0.2, 0) is 10.7 Å². The molecule has 3 rings (SSSR count). The monoisotopic (exact) mass is 325 g/mol. The molecule has 0 radical (unpaired) electrons. The summed E-state index contributed by atoms with van der Waals surface area (Å²) in [7, 11) is 0. The molecule has 0 aliphatic carbocycles. The molecule has 2 heterocycles. The van der Waals surface area contributed by atoms with Gasteiger partial charge in [-0.2, -0.15) is 8.78 Å². The van der Waals surface area contributed by atoms with Crippen LogP contribution in [0.3, 0.4) is 0 Å². The molecule has 2 saturated heterocycles. The number of anilines is 2. The Morgan fingerprint density at radius 3 is 2.39 bits per heavy atom. The van der Waals surface area contributed by atoms with E-state index in [0.29, 0.717) is 32.0 Å². The fourth-order valence-corrected chi connectivity index (χ4v) is 3.34. The second-order valence-electron chi connectivity index (χ2n) is 6.41. The highest BCUT2D eigenvalue weighted by molar-refractivity contribution is 5.69. The van der Waals surface area contributed by atoms with Gasteiger partial charge in [0.05, 0.1) is 31.1 Å². The zero-order valence-corrected chi connectivity index (χ0v) is 13.4. The summed E-state index contributed by atoms with van der Waals surface area (Å²) in [5.74, 6) is -2.90. The minimum atomic E-state index is -2.90. The lowest BCUT2D eigenvalue weighted by Crippen LogP contribution is -2.42. The summed E-state index contributed by atoms with van der Waals surface area (Å²) in [6.45, 7) is 3.77. The summed E-state index contributed by atoms with van der Waals surface area (Å²) in [5, 5.41) is 0. The van der Waals surface area contributed by atoms with Crippen LogP contribution in [0.1, 0.15) is 24.8 Å². The topological polar surface area (TPSA) is 41.7 Å². The van der Waals surface area contributed by atoms with Gasteiger partial charge in [-0.1, -0.05) is 6.07 Å². The van der Waals surface area contributed by atoms with Crippen molar-refractivity contribution >= 4 is 11.4 Å². The van der Waals surface area contributed by atoms with Crippen molar-refractivity contribution in [1.29, 1.82) is 0 Å². The minimum absolute atomic E-state index is 0.00208. The van der Waals surface area contributed by atoms with E-state index in [0.717, 1.165) is 31.6 Å². The van der Waals surface area contributed by atoms with E-state index in [1.807, 2.05) is 0 Å². The molecule has 0 unspecified atom stereocenters. The van der Waals surface area contributed by atoms with E-state index < -0.39 is 5.92 Å². The van der Waals surface area contributed by atoms with Gasteiger partial charge in [-0.05, 0) is 31.4 Å². The molecule has 128 valence electrons. The number of hydrogen-bond donors (Lipinski definition) is 1. The molecule has 1 aromatic rings. The van der Waals surface area contributed by atoms with Crippen LogP contribution in [0.2, 0.25) is 0 Å².